The standard InChI is InChI=1S/C18H15F15O3/c1-4-34-8-7(9(19)13(23,24)17(31,32)18(9,33)36-6-3)10(35-5-2,11(8,20)21)12(22)14(25,26)16(29,30)15(12,27)28/h4-6H2,1-3H3. The molecule has 36 heavy (non-hydrogen) atoms. The highest BCUT2D eigenvalue weighted by Crippen LogP contribution is 2.83. The van der Waals surface area contributed by atoms with Crippen LogP contribution in [0.4, 0.5) is 65.9 Å². The molecular weight excluding hydrogens is 549 g/mol. The normalized spacial score (nSPS) is 40.1. The SMILES string of the molecule is CCOC1=C(C2(F)C(F)(F)C(F)(F)C2(F)OCC)C(OCC)(C2(F)C(F)(F)C(F)(F)C2(F)F)C1(F)F. The Hall–Kier alpha value is -1.59. The van der Waals surface area contributed by atoms with E-state index in [2.05, 4.69) is 14.2 Å². The van der Waals surface area contributed by atoms with Crippen molar-refractivity contribution >= 4 is 0 Å². The van der Waals surface area contributed by atoms with Gasteiger partial charge in [-0.3, -0.25) is 0 Å². The predicted octanol–water partition coefficient (Wildman–Crippen LogP) is 6.02. The number of ether oxygens (including phenoxy) is 3. The molecule has 0 aromatic rings. The van der Waals surface area contributed by atoms with E-state index in [4.69, 9.17) is 0 Å². The molecule has 210 valence electrons. The maximum atomic E-state index is 15.9. The smallest absolute Gasteiger partial charge is 0.379 e. The lowest BCUT2D eigenvalue weighted by Gasteiger charge is -2.69. The molecule has 0 radical (unpaired) electrons. The first kappa shape index (κ1) is 29.0. The summed E-state index contributed by atoms with van der Waals surface area (Å²) < 4.78 is 230. The van der Waals surface area contributed by atoms with Gasteiger partial charge in [0, 0.05) is 13.2 Å². The molecule has 0 aromatic carbocycles. The molecule has 3 aliphatic rings. The van der Waals surface area contributed by atoms with Gasteiger partial charge >= 0.3 is 41.4 Å². The van der Waals surface area contributed by atoms with Crippen molar-refractivity contribution in [3.05, 3.63) is 11.3 Å². The van der Waals surface area contributed by atoms with Gasteiger partial charge in [-0.1, -0.05) is 0 Å². The fraction of sp³-hybridized carbons (Fsp3) is 0.889. The first-order valence-corrected chi connectivity index (χ1v) is 9.93. The van der Waals surface area contributed by atoms with Crippen LogP contribution in [-0.2, 0) is 14.2 Å². The molecule has 0 N–H and O–H groups in total. The molecule has 0 heterocycles. The van der Waals surface area contributed by atoms with E-state index in [9.17, 15) is 43.9 Å². The maximum Gasteiger partial charge on any atom is 0.379 e. The molecular formula is C18H15F15O3. The minimum absolute atomic E-state index is 0.439. The minimum Gasteiger partial charge on any atom is -0.492 e. The predicted molar refractivity (Wildman–Crippen MR) is 85.8 cm³/mol. The van der Waals surface area contributed by atoms with Gasteiger partial charge in [0.1, 0.15) is 0 Å². The molecule has 0 spiro atoms. The van der Waals surface area contributed by atoms with Crippen LogP contribution in [0.5, 0.6) is 0 Å². The maximum absolute atomic E-state index is 15.9. The second-order valence-corrected chi connectivity index (χ2v) is 8.04. The van der Waals surface area contributed by atoms with Gasteiger partial charge in [0.2, 0.25) is 5.60 Å². The van der Waals surface area contributed by atoms with Crippen LogP contribution >= 0.6 is 0 Å². The largest absolute Gasteiger partial charge is 0.492 e. The molecule has 3 aliphatic carbocycles. The van der Waals surface area contributed by atoms with Crippen molar-refractivity contribution in [2.75, 3.05) is 19.8 Å². The Labute approximate surface area is 191 Å². The summed E-state index contributed by atoms with van der Waals surface area (Å²) in [6.07, 6.45) is 0. The van der Waals surface area contributed by atoms with Crippen LogP contribution in [0.2, 0.25) is 0 Å². The van der Waals surface area contributed by atoms with E-state index in [1.54, 1.807) is 0 Å². The van der Waals surface area contributed by atoms with Crippen LogP contribution in [0, 0.1) is 0 Å². The number of hydrogen-bond donors (Lipinski definition) is 0. The topological polar surface area (TPSA) is 27.7 Å². The highest BCUT2D eigenvalue weighted by atomic mass is 19.4. The third-order valence-electron chi connectivity index (χ3n) is 6.46. The third kappa shape index (κ3) is 2.17. The summed E-state index contributed by atoms with van der Waals surface area (Å²) in [5.41, 5.74) is -22.2. The van der Waals surface area contributed by atoms with Gasteiger partial charge in [0.05, 0.1) is 12.2 Å². The molecule has 3 unspecified atom stereocenters. The number of halogens is 15. The molecule has 2 fully saturated rings. The lowest BCUT2D eigenvalue weighted by Crippen LogP contribution is -2.98. The summed E-state index contributed by atoms with van der Waals surface area (Å²) in [7, 11) is 0. The zero-order chi connectivity index (χ0) is 28.4. The highest BCUT2D eigenvalue weighted by Gasteiger charge is 3.12. The van der Waals surface area contributed by atoms with Crippen molar-refractivity contribution in [1.29, 1.82) is 0 Å². The first-order valence-electron chi connectivity index (χ1n) is 9.93. The Balaban J connectivity index is 2.51. The van der Waals surface area contributed by atoms with Crippen molar-refractivity contribution in [2.24, 2.45) is 0 Å². The zero-order valence-corrected chi connectivity index (χ0v) is 18.0. The van der Waals surface area contributed by atoms with E-state index < -0.39 is 89.5 Å². The first-order chi connectivity index (χ1) is 15.9. The summed E-state index contributed by atoms with van der Waals surface area (Å²) in [6, 6.07) is 0. The van der Waals surface area contributed by atoms with E-state index in [1.807, 2.05) is 0 Å². The Kier molecular flexibility index (Phi) is 5.70. The van der Waals surface area contributed by atoms with Crippen LogP contribution in [-0.4, -0.2) is 78.1 Å². The Morgan fingerprint density at radius 3 is 1.36 bits per heavy atom. The second kappa shape index (κ2) is 7.08. The molecule has 0 aromatic heterocycles. The van der Waals surface area contributed by atoms with E-state index in [0.717, 1.165) is 6.92 Å². The van der Waals surface area contributed by atoms with Gasteiger partial charge in [0.15, 0.2) is 5.76 Å². The number of alkyl halides is 15. The molecule has 0 aliphatic heterocycles. The summed E-state index contributed by atoms with van der Waals surface area (Å²) in [5, 5.41) is 0. The highest BCUT2D eigenvalue weighted by molar-refractivity contribution is 5.62. The molecule has 18 heteroatoms. The van der Waals surface area contributed by atoms with Crippen molar-refractivity contribution in [1.82, 2.24) is 0 Å². The Morgan fingerprint density at radius 1 is 0.528 bits per heavy atom. The second-order valence-electron chi connectivity index (χ2n) is 8.04. The Morgan fingerprint density at radius 2 is 0.972 bits per heavy atom. The van der Waals surface area contributed by atoms with Gasteiger partial charge in [0.25, 0.3) is 11.3 Å². The van der Waals surface area contributed by atoms with Crippen molar-refractivity contribution in [3.8, 4) is 0 Å². The molecule has 0 bridgehead atoms. The van der Waals surface area contributed by atoms with Gasteiger partial charge in [-0.25, -0.2) is 13.2 Å². The molecule has 3 rings (SSSR count). The summed E-state index contributed by atoms with van der Waals surface area (Å²) >= 11 is 0. The van der Waals surface area contributed by atoms with Crippen LogP contribution in [0.1, 0.15) is 20.8 Å². The lowest BCUT2D eigenvalue weighted by molar-refractivity contribution is -0.528. The lowest BCUT2D eigenvalue weighted by atomic mass is 9.46. The van der Waals surface area contributed by atoms with E-state index >= 15 is 22.0 Å². The summed E-state index contributed by atoms with van der Waals surface area (Å²) in [6.45, 7) is -2.57. The molecule has 0 saturated heterocycles. The average Bonchev–Trinajstić information content (AvgIpc) is 2.75. The Bertz CT molecular complexity index is 961. The van der Waals surface area contributed by atoms with Crippen LogP contribution in [0.3, 0.4) is 0 Å². The number of hydrogen-bond acceptors (Lipinski definition) is 3. The van der Waals surface area contributed by atoms with Crippen LogP contribution in [0.15, 0.2) is 11.3 Å². The quantitative estimate of drug-likeness (QED) is 0.338. The molecule has 3 atom stereocenters. The van der Waals surface area contributed by atoms with E-state index in [-0.39, 0.29) is 0 Å². The van der Waals surface area contributed by atoms with E-state index in [1.165, 1.54) is 0 Å². The molecule has 3 nitrogen and oxygen atoms in total. The summed E-state index contributed by atoms with van der Waals surface area (Å²) in [4.78, 5) is 0. The van der Waals surface area contributed by atoms with Crippen LogP contribution < -0.4 is 0 Å². The van der Waals surface area contributed by atoms with Crippen molar-refractivity contribution < 1.29 is 80.1 Å². The fourth-order valence-corrected chi connectivity index (χ4v) is 4.83. The summed E-state index contributed by atoms with van der Waals surface area (Å²) in [5.74, 6) is -48.0. The zero-order valence-electron chi connectivity index (χ0n) is 18.0. The monoisotopic (exact) mass is 564 g/mol. The molecule has 0 amide bonds. The van der Waals surface area contributed by atoms with Crippen molar-refractivity contribution in [2.45, 2.75) is 79.1 Å². The minimum atomic E-state index is -6.92. The van der Waals surface area contributed by atoms with E-state index in [0.29, 0.717) is 13.8 Å². The number of rotatable bonds is 8. The van der Waals surface area contributed by atoms with Gasteiger partial charge < -0.3 is 14.2 Å². The van der Waals surface area contributed by atoms with Gasteiger partial charge in [-0.15, -0.1) is 0 Å². The molecule has 2 saturated carbocycles. The van der Waals surface area contributed by atoms with Gasteiger partial charge in [-0.05, 0) is 20.8 Å². The van der Waals surface area contributed by atoms with Gasteiger partial charge in [-0.2, -0.15) is 52.7 Å². The fourth-order valence-electron chi connectivity index (χ4n) is 4.83. The van der Waals surface area contributed by atoms with Crippen LogP contribution in [0.25, 0.3) is 0 Å². The third-order valence-corrected chi connectivity index (χ3v) is 6.46. The van der Waals surface area contributed by atoms with Crippen molar-refractivity contribution in [3.63, 3.8) is 0 Å². The average molecular weight is 564 g/mol.